The molecule has 2 heteroatoms. The largest absolute Gasteiger partial charge is 0.256 e. The van der Waals surface area contributed by atoms with Gasteiger partial charge in [-0.2, -0.15) is 0 Å². The summed E-state index contributed by atoms with van der Waals surface area (Å²) in [5, 5.41) is 0. The zero-order valence-electron chi connectivity index (χ0n) is 23.4. The first kappa shape index (κ1) is 28.9. The molecule has 200 valence electrons. The van der Waals surface area contributed by atoms with Gasteiger partial charge in [0, 0.05) is 11.8 Å². The van der Waals surface area contributed by atoms with Crippen molar-refractivity contribution in [3.63, 3.8) is 0 Å². The van der Waals surface area contributed by atoms with Crippen LogP contribution in [0.4, 0.5) is 4.39 Å². The number of unbranched alkanes of at least 4 members (excludes halogenated alkanes) is 11. The Morgan fingerprint density at radius 2 is 1.39 bits per heavy atom. The van der Waals surface area contributed by atoms with Crippen molar-refractivity contribution in [2.24, 2.45) is 5.92 Å². The first-order chi connectivity index (χ1) is 17.7. The van der Waals surface area contributed by atoms with Crippen LogP contribution in [-0.2, 0) is 6.42 Å². The minimum Gasteiger partial charge on any atom is -0.256 e. The van der Waals surface area contributed by atoms with E-state index in [0.717, 1.165) is 30.0 Å². The predicted octanol–water partition coefficient (Wildman–Crippen LogP) is 11.2. The van der Waals surface area contributed by atoms with Gasteiger partial charge < -0.3 is 0 Å². The third-order valence-electron chi connectivity index (χ3n) is 8.45. The molecule has 2 aromatic rings. The van der Waals surface area contributed by atoms with Crippen LogP contribution in [0.2, 0.25) is 0 Å². The van der Waals surface area contributed by atoms with E-state index in [-0.39, 0.29) is 5.82 Å². The van der Waals surface area contributed by atoms with Gasteiger partial charge in [0.15, 0.2) is 0 Å². The van der Waals surface area contributed by atoms with E-state index in [2.05, 4.69) is 31.0 Å². The lowest BCUT2D eigenvalue weighted by Gasteiger charge is -2.30. The topological polar surface area (TPSA) is 12.9 Å². The molecule has 1 heterocycles. The molecule has 1 aliphatic rings. The van der Waals surface area contributed by atoms with E-state index in [1.807, 2.05) is 18.3 Å². The summed E-state index contributed by atoms with van der Waals surface area (Å²) < 4.78 is 15.3. The first-order valence-corrected chi connectivity index (χ1v) is 15.5. The molecular formula is C34H52FN. The maximum absolute atomic E-state index is 15.3. The molecule has 0 N–H and O–H groups in total. The highest BCUT2D eigenvalue weighted by atomic mass is 19.1. The van der Waals surface area contributed by atoms with Crippen molar-refractivity contribution in [2.75, 3.05) is 0 Å². The second kappa shape index (κ2) is 16.9. The van der Waals surface area contributed by atoms with Gasteiger partial charge in [0.1, 0.15) is 5.82 Å². The molecule has 1 fully saturated rings. The molecular weight excluding hydrogens is 441 g/mol. The molecule has 0 atom stereocenters. The number of hydrogen-bond acceptors (Lipinski definition) is 1. The number of halogens is 1. The lowest BCUT2D eigenvalue weighted by atomic mass is 9.76. The molecule has 0 amide bonds. The molecule has 0 aliphatic heterocycles. The molecule has 1 aliphatic carbocycles. The van der Waals surface area contributed by atoms with E-state index < -0.39 is 0 Å². The van der Waals surface area contributed by atoms with Crippen molar-refractivity contribution in [2.45, 2.75) is 142 Å². The van der Waals surface area contributed by atoms with Crippen molar-refractivity contribution >= 4 is 0 Å². The van der Waals surface area contributed by atoms with Gasteiger partial charge in [-0.05, 0) is 79.7 Å². The number of aryl methyl sites for hydroxylation is 1. The maximum Gasteiger partial charge on any atom is 0.132 e. The van der Waals surface area contributed by atoms with E-state index in [1.165, 1.54) is 115 Å². The number of pyridine rings is 1. The van der Waals surface area contributed by atoms with Crippen molar-refractivity contribution in [1.29, 1.82) is 0 Å². The van der Waals surface area contributed by atoms with Crippen molar-refractivity contribution in [3.8, 4) is 11.3 Å². The number of aromatic nitrogens is 1. The van der Waals surface area contributed by atoms with Gasteiger partial charge in [-0.25, -0.2) is 4.39 Å². The van der Waals surface area contributed by atoms with Crippen LogP contribution in [-0.4, -0.2) is 4.98 Å². The van der Waals surface area contributed by atoms with E-state index in [0.29, 0.717) is 11.5 Å². The summed E-state index contributed by atoms with van der Waals surface area (Å²) in [6.45, 7) is 4.54. The molecule has 1 aromatic heterocycles. The number of benzene rings is 1. The molecule has 1 nitrogen and oxygen atoms in total. The normalized spacial score (nSPS) is 18.0. The fourth-order valence-corrected chi connectivity index (χ4v) is 6.14. The molecule has 1 saturated carbocycles. The minimum absolute atomic E-state index is 0.104. The Morgan fingerprint density at radius 1 is 0.750 bits per heavy atom. The van der Waals surface area contributed by atoms with Crippen LogP contribution < -0.4 is 0 Å². The lowest BCUT2D eigenvalue weighted by Crippen LogP contribution is -2.14. The van der Waals surface area contributed by atoms with Gasteiger partial charge in [0.25, 0.3) is 0 Å². The third-order valence-corrected chi connectivity index (χ3v) is 8.45. The fourth-order valence-electron chi connectivity index (χ4n) is 6.14. The van der Waals surface area contributed by atoms with Crippen molar-refractivity contribution < 1.29 is 4.39 Å². The van der Waals surface area contributed by atoms with Gasteiger partial charge in [0.05, 0.1) is 5.69 Å². The Bertz CT molecular complexity index is 852. The summed E-state index contributed by atoms with van der Waals surface area (Å²) in [5.74, 6) is 1.30. The zero-order chi connectivity index (χ0) is 25.4. The summed E-state index contributed by atoms with van der Waals surface area (Å²) in [4.78, 5) is 4.69. The molecule has 36 heavy (non-hydrogen) atoms. The van der Waals surface area contributed by atoms with Crippen LogP contribution in [0.3, 0.4) is 0 Å². The summed E-state index contributed by atoms with van der Waals surface area (Å²) in [7, 11) is 0. The molecule has 0 radical (unpaired) electrons. The second-order valence-electron chi connectivity index (χ2n) is 11.4. The van der Waals surface area contributed by atoms with Crippen LogP contribution in [0, 0.1) is 11.7 Å². The van der Waals surface area contributed by atoms with Gasteiger partial charge in [0.2, 0.25) is 0 Å². The maximum atomic E-state index is 15.3. The summed E-state index contributed by atoms with van der Waals surface area (Å²) in [5.41, 5.74) is 3.94. The average Bonchev–Trinajstić information content (AvgIpc) is 2.91. The quantitative estimate of drug-likeness (QED) is 0.200. The second-order valence-corrected chi connectivity index (χ2v) is 11.4. The smallest absolute Gasteiger partial charge is 0.132 e. The molecule has 0 saturated heterocycles. The Kier molecular flexibility index (Phi) is 13.6. The SMILES string of the molecule is CCCCCCCCCc1ccc(-c2ncccc2C2CCC(CCCCCCCC)CC2)c(F)c1. The molecule has 1 aromatic carbocycles. The summed E-state index contributed by atoms with van der Waals surface area (Å²) in [6, 6.07) is 10.1. The monoisotopic (exact) mass is 493 g/mol. The molecule has 3 rings (SSSR count). The lowest BCUT2D eigenvalue weighted by molar-refractivity contribution is 0.302. The standard InChI is InChI=1S/C34H52FN/c1-3-5-7-9-11-13-15-18-29-22-25-32(33(35)27-29)34-31(19-16-26-36-34)30-23-20-28(21-24-30)17-14-12-10-8-6-4-2/h16,19,22,25-28,30H,3-15,17-18,20-21,23-24H2,1-2H3. The van der Waals surface area contributed by atoms with Crippen molar-refractivity contribution in [1.82, 2.24) is 4.98 Å². The first-order valence-electron chi connectivity index (χ1n) is 15.5. The van der Waals surface area contributed by atoms with Crippen LogP contribution in [0.15, 0.2) is 36.5 Å². The highest BCUT2D eigenvalue weighted by molar-refractivity contribution is 5.65. The molecule has 0 bridgehead atoms. The highest BCUT2D eigenvalue weighted by Crippen LogP contribution is 2.41. The third kappa shape index (κ3) is 9.64. The van der Waals surface area contributed by atoms with Crippen LogP contribution in [0.1, 0.15) is 146 Å². The van der Waals surface area contributed by atoms with Crippen molar-refractivity contribution in [3.05, 3.63) is 53.5 Å². The number of nitrogens with zero attached hydrogens (tertiary/aromatic N) is 1. The fraction of sp³-hybridized carbons (Fsp3) is 0.676. The highest BCUT2D eigenvalue weighted by Gasteiger charge is 2.25. The Morgan fingerprint density at radius 3 is 2.06 bits per heavy atom. The predicted molar refractivity (Wildman–Crippen MR) is 154 cm³/mol. The number of hydrogen-bond donors (Lipinski definition) is 0. The van der Waals surface area contributed by atoms with E-state index >= 15 is 4.39 Å². The van der Waals surface area contributed by atoms with Gasteiger partial charge in [-0.1, -0.05) is 109 Å². The number of rotatable bonds is 17. The van der Waals surface area contributed by atoms with Gasteiger partial charge in [-0.15, -0.1) is 0 Å². The average molecular weight is 494 g/mol. The van der Waals surface area contributed by atoms with E-state index in [1.54, 1.807) is 6.07 Å². The van der Waals surface area contributed by atoms with Crippen LogP contribution in [0.25, 0.3) is 11.3 Å². The van der Waals surface area contributed by atoms with E-state index in [4.69, 9.17) is 0 Å². The van der Waals surface area contributed by atoms with Crippen LogP contribution >= 0.6 is 0 Å². The minimum atomic E-state index is -0.104. The Balaban J connectivity index is 1.49. The zero-order valence-corrected chi connectivity index (χ0v) is 23.4. The van der Waals surface area contributed by atoms with Gasteiger partial charge in [-0.3, -0.25) is 4.98 Å². The summed E-state index contributed by atoms with van der Waals surface area (Å²) in [6.07, 6.45) is 26.6. The Hall–Kier alpha value is -1.70. The van der Waals surface area contributed by atoms with E-state index in [9.17, 15) is 0 Å². The summed E-state index contributed by atoms with van der Waals surface area (Å²) >= 11 is 0. The Labute approximate surface area is 221 Å². The molecule has 0 spiro atoms. The molecule has 0 unspecified atom stereocenters. The van der Waals surface area contributed by atoms with Crippen LogP contribution in [0.5, 0.6) is 0 Å². The van der Waals surface area contributed by atoms with Gasteiger partial charge >= 0.3 is 0 Å².